The highest BCUT2D eigenvalue weighted by molar-refractivity contribution is 9.10. The molecule has 0 spiro atoms. The summed E-state index contributed by atoms with van der Waals surface area (Å²) in [7, 11) is 0. The zero-order chi connectivity index (χ0) is 14.5. The number of para-hydroxylation sites is 1. The molecule has 1 amide bonds. The van der Waals surface area contributed by atoms with Gasteiger partial charge in [0, 0.05) is 23.6 Å². The van der Waals surface area contributed by atoms with Gasteiger partial charge < -0.3 is 10.6 Å². The molecular formula is C15H14BrFN2O. The van der Waals surface area contributed by atoms with E-state index in [9.17, 15) is 9.18 Å². The molecule has 0 heterocycles. The fourth-order valence-corrected chi connectivity index (χ4v) is 2.17. The van der Waals surface area contributed by atoms with E-state index in [0.29, 0.717) is 12.2 Å². The molecule has 0 atom stereocenters. The Kier molecular flexibility index (Phi) is 4.74. The Bertz CT molecular complexity index is 631. The Morgan fingerprint density at radius 3 is 2.70 bits per heavy atom. The van der Waals surface area contributed by atoms with Crippen LogP contribution >= 0.6 is 15.9 Å². The maximum Gasteiger partial charge on any atom is 0.221 e. The number of halogens is 2. The maximum atomic E-state index is 13.6. The molecule has 0 radical (unpaired) electrons. The number of hydrogen-bond donors (Lipinski definition) is 2. The quantitative estimate of drug-likeness (QED) is 0.880. The average Bonchev–Trinajstić information content (AvgIpc) is 2.41. The van der Waals surface area contributed by atoms with Gasteiger partial charge in [-0.3, -0.25) is 4.79 Å². The van der Waals surface area contributed by atoms with E-state index in [2.05, 4.69) is 26.6 Å². The normalized spacial score (nSPS) is 10.2. The van der Waals surface area contributed by atoms with Crippen molar-refractivity contribution in [2.24, 2.45) is 0 Å². The summed E-state index contributed by atoms with van der Waals surface area (Å²) in [5.41, 5.74) is 2.03. The van der Waals surface area contributed by atoms with E-state index in [0.717, 1.165) is 15.7 Å². The second kappa shape index (κ2) is 6.52. The smallest absolute Gasteiger partial charge is 0.221 e. The van der Waals surface area contributed by atoms with Crippen LogP contribution in [0.4, 0.5) is 15.8 Å². The SMILES string of the molecule is CC(=O)Nc1ccccc1CNc1cc(Br)ccc1F. The molecule has 0 saturated heterocycles. The summed E-state index contributed by atoms with van der Waals surface area (Å²) in [6.07, 6.45) is 0. The molecule has 0 aromatic heterocycles. The molecule has 0 aliphatic carbocycles. The molecule has 0 bridgehead atoms. The second-order valence-corrected chi connectivity index (χ2v) is 5.23. The maximum absolute atomic E-state index is 13.6. The Morgan fingerprint density at radius 2 is 1.95 bits per heavy atom. The highest BCUT2D eigenvalue weighted by Crippen LogP contribution is 2.22. The number of carbonyl (C=O) groups is 1. The molecule has 2 N–H and O–H groups in total. The third kappa shape index (κ3) is 3.81. The van der Waals surface area contributed by atoms with Crippen molar-refractivity contribution in [2.75, 3.05) is 10.6 Å². The molecule has 2 aromatic rings. The lowest BCUT2D eigenvalue weighted by atomic mass is 10.1. The zero-order valence-electron chi connectivity index (χ0n) is 10.9. The van der Waals surface area contributed by atoms with E-state index in [1.807, 2.05) is 24.3 Å². The Hall–Kier alpha value is -1.88. The molecule has 104 valence electrons. The molecular weight excluding hydrogens is 323 g/mol. The topological polar surface area (TPSA) is 41.1 Å². The van der Waals surface area contributed by atoms with Gasteiger partial charge in [0.05, 0.1) is 5.69 Å². The molecule has 0 aliphatic heterocycles. The average molecular weight is 337 g/mol. The van der Waals surface area contributed by atoms with Crippen LogP contribution in [-0.2, 0) is 11.3 Å². The lowest BCUT2D eigenvalue weighted by Crippen LogP contribution is -2.10. The number of rotatable bonds is 4. The molecule has 0 saturated carbocycles. The molecule has 3 nitrogen and oxygen atoms in total. The predicted octanol–water partition coefficient (Wildman–Crippen LogP) is 4.16. The van der Waals surface area contributed by atoms with Gasteiger partial charge in [-0.05, 0) is 29.8 Å². The van der Waals surface area contributed by atoms with E-state index in [-0.39, 0.29) is 11.7 Å². The number of nitrogens with one attached hydrogen (secondary N) is 2. The Labute approximate surface area is 125 Å². The first kappa shape index (κ1) is 14.5. The lowest BCUT2D eigenvalue weighted by molar-refractivity contribution is -0.114. The van der Waals surface area contributed by atoms with Crippen LogP contribution in [0.2, 0.25) is 0 Å². The highest BCUT2D eigenvalue weighted by atomic mass is 79.9. The third-order valence-electron chi connectivity index (χ3n) is 2.73. The van der Waals surface area contributed by atoms with Gasteiger partial charge in [0.1, 0.15) is 5.82 Å². The number of carbonyl (C=O) groups excluding carboxylic acids is 1. The standard InChI is InChI=1S/C15H14BrFN2O/c1-10(20)19-14-5-3-2-4-11(14)9-18-15-8-12(16)6-7-13(15)17/h2-8,18H,9H2,1H3,(H,19,20). The molecule has 20 heavy (non-hydrogen) atoms. The summed E-state index contributed by atoms with van der Waals surface area (Å²) in [5, 5.41) is 5.78. The Balaban J connectivity index is 2.14. The number of benzene rings is 2. The molecule has 2 aromatic carbocycles. The molecule has 5 heteroatoms. The van der Waals surface area contributed by atoms with Crippen LogP contribution in [0.3, 0.4) is 0 Å². The first-order valence-corrected chi connectivity index (χ1v) is 6.90. The van der Waals surface area contributed by atoms with Crippen LogP contribution in [0.15, 0.2) is 46.9 Å². The number of anilines is 2. The summed E-state index contributed by atoms with van der Waals surface area (Å²) in [6.45, 7) is 1.88. The van der Waals surface area contributed by atoms with E-state index in [4.69, 9.17) is 0 Å². The summed E-state index contributed by atoms with van der Waals surface area (Å²) in [6, 6.07) is 12.1. The molecule has 0 fully saturated rings. The van der Waals surface area contributed by atoms with Gasteiger partial charge in [-0.1, -0.05) is 34.1 Å². The van der Waals surface area contributed by atoms with E-state index >= 15 is 0 Å². The predicted molar refractivity (Wildman–Crippen MR) is 82.2 cm³/mol. The van der Waals surface area contributed by atoms with Gasteiger partial charge in [-0.25, -0.2) is 4.39 Å². The fraction of sp³-hybridized carbons (Fsp3) is 0.133. The van der Waals surface area contributed by atoms with Crippen LogP contribution in [0, 0.1) is 5.82 Å². The molecule has 0 unspecified atom stereocenters. The monoisotopic (exact) mass is 336 g/mol. The second-order valence-electron chi connectivity index (χ2n) is 4.32. The van der Waals surface area contributed by atoms with Gasteiger partial charge in [0.2, 0.25) is 5.91 Å². The minimum atomic E-state index is -0.315. The zero-order valence-corrected chi connectivity index (χ0v) is 12.5. The van der Waals surface area contributed by atoms with Crippen molar-refractivity contribution in [3.8, 4) is 0 Å². The first-order chi connectivity index (χ1) is 9.56. The van der Waals surface area contributed by atoms with Gasteiger partial charge in [0.25, 0.3) is 0 Å². The van der Waals surface area contributed by atoms with Gasteiger partial charge in [0.15, 0.2) is 0 Å². The van der Waals surface area contributed by atoms with Crippen molar-refractivity contribution >= 4 is 33.2 Å². The van der Waals surface area contributed by atoms with E-state index < -0.39 is 0 Å². The van der Waals surface area contributed by atoms with Crippen LogP contribution in [0.1, 0.15) is 12.5 Å². The van der Waals surface area contributed by atoms with Crippen molar-refractivity contribution < 1.29 is 9.18 Å². The van der Waals surface area contributed by atoms with Crippen LogP contribution < -0.4 is 10.6 Å². The van der Waals surface area contributed by atoms with Crippen molar-refractivity contribution in [1.82, 2.24) is 0 Å². The highest BCUT2D eigenvalue weighted by Gasteiger charge is 2.06. The first-order valence-electron chi connectivity index (χ1n) is 6.10. The van der Waals surface area contributed by atoms with E-state index in [1.165, 1.54) is 13.0 Å². The van der Waals surface area contributed by atoms with E-state index in [1.54, 1.807) is 12.1 Å². The van der Waals surface area contributed by atoms with Crippen molar-refractivity contribution in [2.45, 2.75) is 13.5 Å². The van der Waals surface area contributed by atoms with Crippen molar-refractivity contribution in [3.05, 3.63) is 58.3 Å². The van der Waals surface area contributed by atoms with Gasteiger partial charge in [-0.2, -0.15) is 0 Å². The number of amides is 1. The van der Waals surface area contributed by atoms with Gasteiger partial charge >= 0.3 is 0 Å². The minimum Gasteiger partial charge on any atom is -0.378 e. The largest absolute Gasteiger partial charge is 0.378 e. The molecule has 0 aliphatic rings. The van der Waals surface area contributed by atoms with Gasteiger partial charge in [-0.15, -0.1) is 0 Å². The van der Waals surface area contributed by atoms with Crippen molar-refractivity contribution in [1.29, 1.82) is 0 Å². The third-order valence-corrected chi connectivity index (χ3v) is 3.22. The summed E-state index contributed by atoms with van der Waals surface area (Å²) >= 11 is 3.31. The lowest BCUT2D eigenvalue weighted by Gasteiger charge is -2.12. The van der Waals surface area contributed by atoms with Crippen LogP contribution in [0.5, 0.6) is 0 Å². The molecule has 2 rings (SSSR count). The van der Waals surface area contributed by atoms with Crippen LogP contribution in [-0.4, -0.2) is 5.91 Å². The fourth-order valence-electron chi connectivity index (χ4n) is 1.81. The summed E-state index contributed by atoms with van der Waals surface area (Å²) < 4.78 is 14.4. The Morgan fingerprint density at radius 1 is 1.20 bits per heavy atom. The van der Waals surface area contributed by atoms with Crippen LogP contribution in [0.25, 0.3) is 0 Å². The summed E-state index contributed by atoms with van der Waals surface area (Å²) in [4.78, 5) is 11.1. The number of hydrogen-bond acceptors (Lipinski definition) is 2. The minimum absolute atomic E-state index is 0.133. The van der Waals surface area contributed by atoms with Crippen molar-refractivity contribution in [3.63, 3.8) is 0 Å². The summed E-state index contributed by atoms with van der Waals surface area (Å²) in [5.74, 6) is -0.448.